The number of aromatic nitrogens is 2. The number of amides is 1. The molecule has 4 aromatic rings. The predicted octanol–water partition coefficient (Wildman–Crippen LogP) is 4.05. The van der Waals surface area contributed by atoms with Gasteiger partial charge in [-0.2, -0.15) is 0 Å². The number of rotatable bonds is 10. The van der Waals surface area contributed by atoms with Crippen molar-refractivity contribution in [2.75, 3.05) is 44.8 Å². The van der Waals surface area contributed by atoms with Crippen molar-refractivity contribution in [3.63, 3.8) is 0 Å². The highest BCUT2D eigenvalue weighted by atomic mass is 32.1. The number of nitrogens with one attached hydrogen (secondary N) is 2. The maximum atomic E-state index is 14.8. The Morgan fingerprint density at radius 1 is 1.07 bits per heavy atom. The van der Waals surface area contributed by atoms with Crippen molar-refractivity contribution in [3.05, 3.63) is 66.2 Å². The van der Waals surface area contributed by atoms with Crippen LogP contribution >= 0.6 is 11.3 Å². The second-order valence-electron chi connectivity index (χ2n) is 10.1. The second kappa shape index (κ2) is 11.8. The summed E-state index contributed by atoms with van der Waals surface area (Å²) in [6.45, 7) is 3.67. The van der Waals surface area contributed by atoms with E-state index < -0.39 is 12.4 Å². The second-order valence-corrected chi connectivity index (χ2v) is 11.1. The number of aliphatic hydroxyl groups excluding tert-OH is 1. The smallest absolute Gasteiger partial charge is 0.248 e. The summed E-state index contributed by atoms with van der Waals surface area (Å²) in [5.41, 5.74) is 3.39. The minimum absolute atomic E-state index is 0.159. The van der Waals surface area contributed by atoms with Gasteiger partial charge in [0.1, 0.15) is 12.4 Å². The quantitative estimate of drug-likeness (QED) is 0.249. The van der Waals surface area contributed by atoms with Gasteiger partial charge in [0.25, 0.3) is 0 Å². The fourth-order valence-corrected chi connectivity index (χ4v) is 5.74. The third-order valence-corrected chi connectivity index (χ3v) is 8.29. The number of fused-ring (bicyclic) bond motifs is 1. The van der Waals surface area contributed by atoms with E-state index in [1.807, 2.05) is 24.4 Å². The number of aliphatic hydroxyl groups is 1. The Balaban J connectivity index is 1.11. The molecule has 208 valence electrons. The Bertz CT molecular complexity index is 1490. The van der Waals surface area contributed by atoms with Crippen LogP contribution in [0.4, 0.5) is 10.1 Å². The lowest BCUT2D eigenvalue weighted by atomic mass is 10.2. The van der Waals surface area contributed by atoms with Crippen molar-refractivity contribution in [2.24, 2.45) is 0 Å². The number of hydrogen-bond acceptors (Lipinski definition) is 9. The Hall–Kier alpha value is -3.64. The first kappa shape index (κ1) is 26.6. The molecule has 3 N–H and O–H groups in total. The maximum absolute atomic E-state index is 14.8. The van der Waals surface area contributed by atoms with E-state index in [0.29, 0.717) is 37.2 Å². The fourth-order valence-electron chi connectivity index (χ4n) is 4.70. The zero-order chi connectivity index (χ0) is 27.5. The predicted molar refractivity (Wildman–Crippen MR) is 153 cm³/mol. The van der Waals surface area contributed by atoms with Crippen LogP contribution in [-0.2, 0) is 11.3 Å². The van der Waals surface area contributed by atoms with E-state index in [2.05, 4.69) is 31.6 Å². The van der Waals surface area contributed by atoms with E-state index in [-0.39, 0.29) is 11.7 Å². The number of piperazine rings is 1. The number of carbonyl (C=O) groups excluding carboxylic acids is 1. The lowest BCUT2D eigenvalue weighted by Crippen LogP contribution is -2.49. The van der Waals surface area contributed by atoms with Gasteiger partial charge >= 0.3 is 0 Å². The molecule has 11 heteroatoms. The highest BCUT2D eigenvalue weighted by Gasteiger charge is 2.21. The van der Waals surface area contributed by atoms with Gasteiger partial charge in [0.05, 0.1) is 27.5 Å². The van der Waals surface area contributed by atoms with Gasteiger partial charge in [-0.15, -0.1) is 11.3 Å². The maximum Gasteiger partial charge on any atom is 0.248 e. The number of anilines is 1. The van der Waals surface area contributed by atoms with Gasteiger partial charge < -0.3 is 20.1 Å². The molecular weight excluding hydrogens is 531 g/mol. The van der Waals surface area contributed by atoms with Gasteiger partial charge in [-0.25, -0.2) is 4.39 Å². The zero-order valence-corrected chi connectivity index (χ0v) is 22.8. The monoisotopic (exact) mass is 562 g/mol. The third-order valence-electron chi connectivity index (χ3n) is 7.13. The first-order chi connectivity index (χ1) is 19.6. The molecule has 1 amide bonds. The molecule has 1 aliphatic heterocycles. The summed E-state index contributed by atoms with van der Waals surface area (Å²) in [5, 5.41) is 15.6. The number of nitrogens with zero attached hydrogens (tertiary/aromatic N) is 4. The number of ether oxygens (including phenoxy) is 1. The molecule has 1 aromatic carbocycles. The lowest BCUT2D eigenvalue weighted by molar-refractivity contribution is -0.135. The minimum Gasteiger partial charge on any atom is -0.453 e. The topological polar surface area (TPSA) is 103 Å². The number of carbonyl (C=O) groups is 1. The van der Waals surface area contributed by atoms with E-state index in [1.54, 1.807) is 23.2 Å². The Morgan fingerprint density at radius 3 is 2.65 bits per heavy atom. The number of thiophene rings is 1. The van der Waals surface area contributed by atoms with Crippen LogP contribution < -0.4 is 15.4 Å². The zero-order valence-electron chi connectivity index (χ0n) is 22.0. The molecule has 6 rings (SSSR count). The molecule has 1 saturated carbocycles. The first-order valence-electron chi connectivity index (χ1n) is 13.5. The summed E-state index contributed by atoms with van der Waals surface area (Å²) in [5.74, 6) is 0.0558. The van der Waals surface area contributed by atoms with Crippen LogP contribution in [0.25, 0.3) is 20.8 Å². The van der Waals surface area contributed by atoms with E-state index in [0.717, 1.165) is 46.0 Å². The molecule has 0 unspecified atom stereocenters. The van der Waals surface area contributed by atoms with Crippen LogP contribution in [0, 0.1) is 5.82 Å². The van der Waals surface area contributed by atoms with E-state index >= 15 is 0 Å². The molecule has 9 nitrogen and oxygen atoms in total. The van der Waals surface area contributed by atoms with E-state index in [1.165, 1.54) is 30.2 Å². The molecule has 2 aliphatic rings. The van der Waals surface area contributed by atoms with Gasteiger partial charge in [-0.05, 0) is 42.7 Å². The standard InChI is InChI=1S/C29H31FN6O3S/c30-22-13-21(34-18-33-20-2-3-20)4-6-25(22)39-26-7-8-31-24-14-27(40-29(24)26)23-5-1-19(15-32-23)16-35-9-11-36(12-10-35)28(38)17-37/h1,4-8,13-15,20,33-34,37H,2-3,9-12,16-18H2. The van der Waals surface area contributed by atoms with Crippen molar-refractivity contribution in [3.8, 4) is 22.1 Å². The van der Waals surface area contributed by atoms with Crippen LogP contribution in [0.15, 0.2) is 54.9 Å². The summed E-state index contributed by atoms with van der Waals surface area (Å²) in [6, 6.07) is 13.3. The number of halogens is 1. The van der Waals surface area contributed by atoms with Gasteiger partial charge in [-0.3, -0.25) is 25.0 Å². The summed E-state index contributed by atoms with van der Waals surface area (Å²) in [4.78, 5) is 25.8. The van der Waals surface area contributed by atoms with Crippen molar-refractivity contribution in [1.29, 1.82) is 0 Å². The van der Waals surface area contributed by atoms with E-state index in [4.69, 9.17) is 9.84 Å². The Kier molecular flexibility index (Phi) is 7.87. The molecule has 0 radical (unpaired) electrons. The SMILES string of the molecule is O=C(CO)N1CCN(Cc2ccc(-c3cc4nccc(Oc5ccc(NCNC6CC6)cc5F)c4s3)nc2)CC1. The third kappa shape index (κ3) is 6.23. The van der Waals surface area contributed by atoms with Gasteiger partial charge in [0, 0.05) is 69.0 Å². The molecule has 3 aromatic heterocycles. The highest BCUT2D eigenvalue weighted by molar-refractivity contribution is 7.22. The van der Waals surface area contributed by atoms with Crippen molar-refractivity contribution in [2.45, 2.75) is 25.4 Å². The summed E-state index contributed by atoms with van der Waals surface area (Å²) in [7, 11) is 0. The molecule has 0 atom stereocenters. The van der Waals surface area contributed by atoms with Crippen LogP contribution in [0.2, 0.25) is 0 Å². The summed E-state index contributed by atoms with van der Waals surface area (Å²) in [6.07, 6.45) is 5.94. The number of hydrogen-bond donors (Lipinski definition) is 3. The molecule has 1 aliphatic carbocycles. The van der Waals surface area contributed by atoms with Crippen LogP contribution in [0.1, 0.15) is 18.4 Å². The largest absolute Gasteiger partial charge is 0.453 e. The number of pyridine rings is 2. The van der Waals surface area contributed by atoms with Crippen molar-refractivity contribution < 1.29 is 19.0 Å². The molecule has 40 heavy (non-hydrogen) atoms. The average Bonchev–Trinajstić information content (AvgIpc) is 3.70. The highest BCUT2D eigenvalue weighted by Crippen LogP contribution is 2.39. The molecule has 4 heterocycles. The minimum atomic E-state index is -0.438. The molecule has 1 saturated heterocycles. The van der Waals surface area contributed by atoms with Crippen LogP contribution in [0.5, 0.6) is 11.5 Å². The van der Waals surface area contributed by atoms with Gasteiger partial charge in [-0.1, -0.05) is 6.07 Å². The molecule has 0 spiro atoms. The molecular formula is C29H31FN6O3S. The van der Waals surface area contributed by atoms with Crippen molar-refractivity contribution >= 4 is 33.1 Å². The lowest BCUT2D eigenvalue weighted by Gasteiger charge is -2.34. The Labute approximate surface area is 235 Å². The number of benzene rings is 1. The van der Waals surface area contributed by atoms with Gasteiger partial charge in [0.2, 0.25) is 5.91 Å². The molecule has 2 fully saturated rings. The van der Waals surface area contributed by atoms with Crippen molar-refractivity contribution in [1.82, 2.24) is 25.1 Å². The Morgan fingerprint density at radius 2 is 1.93 bits per heavy atom. The van der Waals surface area contributed by atoms with Crippen LogP contribution in [-0.4, -0.2) is 76.3 Å². The van der Waals surface area contributed by atoms with Gasteiger partial charge in [0.15, 0.2) is 11.6 Å². The summed E-state index contributed by atoms with van der Waals surface area (Å²) >= 11 is 1.51. The molecule has 0 bridgehead atoms. The van der Waals surface area contributed by atoms with Crippen LogP contribution in [0.3, 0.4) is 0 Å². The normalized spacial score (nSPS) is 15.9. The fraction of sp³-hybridized carbons (Fsp3) is 0.345. The first-order valence-corrected chi connectivity index (χ1v) is 14.3. The average molecular weight is 563 g/mol. The summed E-state index contributed by atoms with van der Waals surface area (Å²) < 4.78 is 21.7. The van der Waals surface area contributed by atoms with E-state index in [9.17, 15) is 9.18 Å².